The van der Waals surface area contributed by atoms with Gasteiger partial charge in [0, 0.05) is 11.3 Å². The molecule has 0 atom stereocenters. The van der Waals surface area contributed by atoms with E-state index in [-0.39, 0.29) is 17.1 Å². The van der Waals surface area contributed by atoms with E-state index in [2.05, 4.69) is 16.2 Å². The Morgan fingerprint density at radius 3 is 1.97 bits per heavy atom. The molecular formula is C20H22FN3O7. The maximum Gasteiger partial charge on any atom is 0.269 e. The summed E-state index contributed by atoms with van der Waals surface area (Å²) in [6.07, 6.45) is 0. The molecule has 2 aromatic rings. The molecule has 0 aliphatic rings. The molecule has 0 saturated heterocycles. The first-order valence-corrected chi connectivity index (χ1v) is 8.90. The Hall–Kier alpha value is -3.86. The molecule has 3 amide bonds. The van der Waals surface area contributed by atoms with Gasteiger partial charge in [0.2, 0.25) is 11.7 Å². The van der Waals surface area contributed by atoms with Crippen LogP contribution in [-0.4, -0.2) is 52.3 Å². The molecule has 0 bridgehead atoms. The van der Waals surface area contributed by atoms with E-state index in [4.69, 9.17) is 18.9 Å². The number of benzene rings is 2. The van der Waals surface area contributed by atoms with Crippen LogP contribution in [0.4, 0.5) is 10.1 Å². The minimum Gasteiger partial charge on any atom is -0.493 e. The highest BCUT2D eigenvalue weighted by Gasteiger charge is 2.17. The van der Waals surface area contributed by atoms with Crippen molar-refractivity contribution < 1.29 is 37.7 Å². The van der Waals surface area contributed by atoms with Crippen LogP contribution in [0.1, 0.15) is 10.4 Å². The molecule has 0 aliphatic carbocycles. The number of hydrazine groups is 1. The fourth-order valence-corrected chi connectivity index (χ4v) is 2.41. The number of carbonyl (C=O) groups excluding carboxylic acids is 3. The second-order valence-electron chi connectivity index (χ2n) is 5.96. The summed E-state index contributed by atoms with van der Waals surface area (Å²) in [6.45, 7) is -0.891. The van der Waals surface area contributed by atoms with Gasteiger partial charge < -0.3 is 24.3 Å². The Morgan fingerprint density at radius 2 is 1.42 bits per heavy atom. The first-order valence-electron chi connectivity index (χ1n) is 8.90. The number of amides is 3. The lowest BCUT2D eigenvalue weighted by molar-refractivity contribution is -0.129. The number of methoxy groups -OCH3 is 3. The van der Waals surface area contributed by atoms with E-state index in [9.17, 15) is 18.8 Å². The molecule has 0 aliphatic heterocycles. The molecule has 0 heterocycles. The Balaban J connectivity index is 1.79. The molecular weight excluding hydrogens is 413 g/mol. The van der Waals surface area contributed by atoms with E-state index in [0.29, 0.717) is 11.4 Å². The van der Waals surface area contributed by atoms with E-state index in [1.165, 1.54) is 57.7 Å². The van der Waals surface area contributed by atoms with Gasteiger partial charge in [-0.15, -0.1) is 0 Å². The smallest absolute Gasteiger partial charge is 0.269 e. The summed E-state index contributed by atoms with van der Waals surface area (Å²) in [5.74, 6) is -1.42. The monoisotopic (exact) mass is 435 g/mol. The molecule has 166 valence electrons. The molecule has 31 heavy (non-hydrogen) atoms. The summed E-state index contributed by atoms with van der Waals surface area (Å²) in [5.41, 5.74) is 4.91. The van der Waals surface area contributed by atoms with Crippen LogP contribution in [0.25, 0.3) is 0 Å². The quantitative estimate of drug-likeness (QED) is 0.507. The summed E-state index contributed by atoms with van der Waals surface area (Å²) >= 11 is 0. The number of carbonyl (C=O) groups is 3. The van der Waals surface area contributed by atoms with Crippen molar-refractivity contribution in [2.24, 2.45) is 0 Å². The second kappa shape index (κ2) is 11.4. The Morgan fingerprint density at radius 1 is 0.839 bits per heavy atom. The van der Waals surface area contributed by atoms with Gasteiger partial charge in [-0.2, -0.15) is 0 Å². The average molecular weight is 435 g/mol. The Labute approximate surface area is 177 Å². The number of hydrogen-bond acceptors (Lipinski definition) is 7. The molecule has 11 heteroatoms. The summed E-state index contributed by atoms with van der Waals surface area (Å²) < 4.78 is 33.3. The number of hydrogen-bond donors (Lipinski definition) is 3. The summed E-state index contributed by atoms with van der Waals surface area (Å²) in [6, 6.07) is 8.00. The number of anilines is 1. The van der Waals surface area contributed by atoms with E-state index in [1.54, 1.807) is 0 Å². The van der Waals surface area contributed by atoms with Crippen molar-refractivity contribution in [3.8, 4) is 17.2 Å². The molecule has 0 fully saturated rings. The highest BCUT2D eigenvalue weighted by Crippen LogP contribution is 2.38. The highest BCUT2D eigenvalue weighted by molar-refractivity contribution is 5.97. The summed E-state index contributed by atoms with van der Waals surface area (Å²) in [7, 11) is 4.24. The molecule has 0 aromatic heterocycles. The van der Waals surface area contributed by atoms with Crippen LogP contribution in [0, 0.1) is 5.82 Å². The van der Waals surface area contributed by atoms with Crippen molar-refractivity contribution in [1.29, 1.82) is 0 Å². The van der Waals surface area contributed by atoms with Crippen molar-refractivity contribution in [2.75, 3.05) is 39.9 Å². The van der Waals surface area contributed by atoms with Crippen molar-refractivity contribution in [1.82, 2.24) is 10.9 Å². The molecule has 0 unspecified atom stereocenters. The van der Waals surface area contributed by atoms with Crippen LogP contribution in [0.15, 0.2) is 36.4 Å². The van der Waals surface area contributed by atoms with Gasteiger partial charge in [-0.3, -0.25) is 25.2 Å². The minimum absolute atomic E-state index is 0.148. The first-order chi connectivity index (χ1) is 14.9. The molecule has 0 spiro atoms. The lowest BCUT2D eigenvalue weighted by atomic mass is 10.1. The topological polar surface area (TPSA) is 124 Å². The highest BCUT2D eigenvalue weighted by atomic mass is 19.1. The molecule has 3 N–H and O–H groups in total. The molecule has 0 radical (unpaired) electrons. The lowest BCUT2D eigenvalue weighted by Gasteiger charge is -2.14. The lowest BCUT2D eigenvalue weighted by Crippen LogP contribution is -2.43. The van der Waals surface area contributed by atoms with E-state index in [0.717, 1.165) is 0 Å². The van der Waals surface area contributed by atoms with Gasteiger partial charge in [-0.1, -0.05) is 0 Å². The van der Waals surface area contributed by atoms with Gasteiger partial charge in [0.05, 0.1) is 21.3 Å². The van der Waals surface area contributed by atoms with Crippen molar-refractivity contribution >= 4 is 23.4 Å². The average Bonchev–Trinajstić information content (AvgIpc) is 2.77. The first kappa shape index (κ1) is 23.4. The normalized spacial score (nSPS) is 10.1. The SMILES string of the molecule is COc1cc(C(=O)NNC(=O)COCC(=O)Nc2ccc(F)cc2)cc(OC)c1OC. The van der Waals surface area contributed by atoms with Crippen LogP contribution in [-0.2, 0) is 14.3 Å². The Kier molecular flexibility index (Phi) is 8.58. The van der Waals surface area contributed by atoms with E-state index in [1.807, 2.05) is 0 Å². The number of ether oxygens (including phenoxy) is 4. The van der Waals surface area contributed by atoms with Gasteiger partial charge in [-0.25, -0.2) is 4.39 Å². The fraction of sp³-hybridized carbons (Fsp3) is 0.250. The van der Waals surface area contributed by atoms with E-state index >= 15 is 0 Å². The third kappa shape index (κ3) is 6.85. The second-order valence-corrected chi connectivity index (χ2v) is 5.96. The molecule has 10 nitrogen and oxygen atoms in total. The van der Waals surface area contributed by atoms with Gasteiger partial charge in [0.1, 0.15) is 19.0 Å². The minimum atomic E-state index is -0.685. The zero-order valence-corrected chi connectivity index (χ0v) is 17.1. The van der Waals surface area contributed by atoms with Crippen LogP contribution in [0.3, 0.4) is 0 Å². The zero-order chi connectivity index (χ0) is 22.8. The predicted molar refractivity (Wildman–Crippen MR) is 108 cm³/mol. The Bertz CT molecular complexity index is 910. The number of rotatable bonds is 9. The third-order valence-electron chi connectivity index (χ3n) is 3.84. The van der Waals surface area contributed by atoms with Gasteiger partial charge >= 0.3 is 0 Å². The largest absolute Gasteiger partial charge is 0.493 e. The van der Waals surface area contributed by atoms with Crippen LogP contribution in [0.5, 0.6) is 17.2 Å². The third-order valence-corrected chi connectivity index (χ3v) is 3.84. The van der Waals surface area contributed by atoms with Crippen molar-refractivity contribution in [2.45, 2.75) is 0 Å². The maximum absolute atomic E-state index is 12.8. The fourth-order valence-electron chi connectivity index (χ4n) is 2.41. The van der Waals surface area contributed by atoms with Crippen LogP contribution in [0.2, 0.25) is 0 Å². The van der Waals surface area contributed by atoms with Crippen LogP contribution < -0.4 is 30.4 Å². The number of nitrogens with one attached hydrogen (secondary N) is 3. The standard InChI is InChI=1S/C20H22FN3O7/c1-28-15-8-12(9-16(29-2)19(15)30-3)20(27)24-23-18(26)11-31-10-17(25)22-14-6-4-13(21)5-7-14/h4-9H,10-11H2,1-3H3,(H,22,25)(H,23,26)(H,24,27). The molecule has 0 saturated carbocycles. The number of halogens is 1. The molecule has 2 aromatic carbocycles. The van der Waals surface area contributed by atoms with Gasteiger partial charge in [0.15, 0.2) is 11.5 Å². The summed E-state index contributed by atoms with van der Waals surface area (Å²) in [4.78, 5) is 35.8. The van der Waals surface area contributed by atoms with Crippen molar-refractivity contribution in [3.63, 3.8) is 0 Å². The van der Waals surface area contributed by atoms with E-state index < -0.39 is 36.8 Å². The predicted octanol–water partition coefficient (Wildman–Crippen LogP) is 1.27. The zero-order valence-electron chi connectivity index (χ0n) is 17.1. The van der Waals surface area contributed by atoms with Gasteiger partial charge in [0.25, 0.3) is 11.8 Å². The van der Waals surface area contributed by atoms with Crippen molar-refractivity contribution in [3.05, 3.63) is 47.8 Å². The van der Waals surface area contributed by atoms with Gasteiger partial charge in [-0.05, 0) is 36.4 Å². The maximum atomic E-state index is 12.8. The van der Waals surface area contributed by atoms with Crippen LogP contribution >= 0.6 is 0 Å². The molecule has 2 rings (SSSR count). The summed E-state index contributed by atoms with van der Waals surface area (Å²) in [5, 5.41) is 2.48.